The van der Waals surface area contributed by atoms with Crippen molar-refractivity contribution in [3.63, 3.8) is 0 Å². The number of imidazole rings is 1. The summed E-state index contributed by atoms with van der Waals surface area (Å²) < 4.78 is 12.6. The zero-order valence-corrected chi connectivity index (χ0v) is 12.0. The molecule has 0 unspecified atom stereocenters. The minimum absolute atomic E-state index is 0.593. The number of anilines is 1. The van der Waals surface area contributed by atoms with Gasteiger partial charge in [0.05, 0.1) is 25.5 Å². The average Bonchev–Trinajstić information content (AvgIpc) is 3.00. The molecule has 1 aromatic rings. The van der Waals surface area contributed by atoms with Crippen LogP contribution in [0.25, 0.3) is 0 Å². The fourth-order valence-corrected chi connectivity index (χ4v) is 2.49. The van der Waals surface area contributed by atoms with Crippen molar-refractivity contribution in [1.82, 2.24) is 9.55 Å². The van der Waals surface area contributed by atoms with Crippen molar-refractivity contribution in [1.29, 1.82) is 0 Å². The molecule has 1 aliphatic rings. The van der Waals surface area contributed by atoms with Crippen LogP contribution in [-0.4, -0.2) is 42.5 Å². The molecule has 0 spiro atoms. The Kier molecular flexibility index (Phi) is 5.66. The molecule has 5 nitrogen and oxygen atoms in total. The number of aromatic nitrogens is 2. The van der Waals surface area contributed by atoms with Crippen molar-refractivity contribution in [3.8, 4) is 0 Å². The van der Waals surface area contributed by atoms with Crippen molar-refractivity contribution >= 4 is 5.95 Å². The van der Waals surface area contributed by atoms with E-state index in [9.17, 15) is 0 Å². The fourth-order valence-electron chi connectivity index (χ4n) is 2.49. The van der Waals surface area contributed by atoms with Crippen LogP contribution in [0, 0.1) is 6.92 Å². The maximum atomic E-state index is 5.51. The predicted octanol–water partition coefficient (Wildman–Crippen LogP) is 2.21. The van der Waals surface area contributed by atoms with Gasteiger partial charge in [-0.05, 0) is 19.8 Å². The van der Waals surface area contributed by atoms with E-state index >= 15 is 0 Å². The maximum absolute atomic E-state index is 5.51. The van der Waals surface area contributed by atoms with Crippen molar-refractivity contribution in [2.24, 2.45) is 0 Å². The van der Waals surface area contributed by atoms with E-state index in [2.05, 4.69) is 21.1 Å². The normalized spacial score (nSPS) is 16.1. The molecular weight excluding hydrogens is 242 g/mol. The minimum atomic E-state index is 0.593. The number of rotatable bonds is 8. The van der Waals surface area contributed by atoms with Gasteiger partial charge in [-0.3, -0.25) is 0 Å². The monoisotopic (exact) mass is 267 g/mol. The summed E-state index contributed by atoms with van der Waals surface area (Å²) in [5.74, 6) is 0.986. The van der Waals surface area contributed by atoms with Crippen LogP contribution in [0.1, 0.15) is 31.4 Å². The number of aryl methyl sites for hydroxylation is 1. The van der Waals surface area contributed by atoms with E-state index in [1.807, 2.05) is 6.92 Å². The molecule has 0 aromatic carbocycles. The number of ether oxygens (including phenoxy) is 2. The third kappa shape index (κ3) is 4.51. The first-order valence-corrected chi connectivity index (χ1v) is 7.16. The summed E-state index contributed by atoms with van der Waals surface area (Å²) in [7, 11) is 1.69. The number of hydrogen-bond donors (Lipinski definition) is 1. The molecule has 1 saturated carbocycles. The predicted molar refractivity (Wildman–Crippen MR) is 75.5 cm³/mol. The second kappa shape index (κ2) is 7.50. The number of hydrogen-bond acceptors (Lipinski definition) is 4. The molecule has 1 fully saturated rings. The first kappa shape index (κ1) is 14.3. The number of nitrogens with one attached hydrogen (secondary N) is 1. The van der Waals surface area contributed by atoms with Crippen LogP contribution in [0.15, 0.2) is 6.20 Å². The van der Waals surface area contributed by atoms with Crippen LogP contribution >= 0.6 is 0 Å². The summed E-state index contributed by atoms with van der Waals surface area (Å²) in [5, 5.41) is 3.55. The van der Waals surface area contributed by atoms with Gasteiger partial charge in [-0.25, -0.2) is 4.98 Å². The van der Waals surface area contributed by atoms with Crippen LogP contribution in [-0.2, 0) is 16.0 Å². The Morgan fingerprint density at radius 2 is 2.11 bits per heavy atom. The number of methoxy groups -OCH3 is 1. The SMILES string of the molecule is COCCOCCn1cc(C)nc1NC1CCCC1. The fraction of sp³-hybridized carbons (Fsp3) is 0.786. The summed E-state index contributed by atoms with van der Waals surface area (Å²) in [6.45, 7) is 4.85. The lowest BCUT2D eigenvalue weighted by Gasteiger charge is -2.14. The topological polar surface area (TPSA) is 48.3 Å². The molecule has 0 bridgehead atoms. The highest BCUT2D eigenvalue weighted by molar-refractivity contribution is 5.30. The van der Waals surface area contributed by atoms with Crippen LogP contribution < -0.4 is 5.32 Å². The van der Waals surface area contributed by atoms with Gasteiger partial charge in [0.1, 0.15) is 0 Å². The summed E-state index contributed by atoms with van der Waals surface area (Å²) in [6, 6.07) is 0.593. The summed E-state index contributed by atoms with van der Waals surface area (Å²) >= 11 is 0. The molecule has 1 aliphatic carbocycles. The average molecular weight is 267 g/mol. The highest BCUT2D eigenvalue weighted by Gasteiger charge is 2.17. The van der Waals surface area contributed by atoms with E-state index in [1.54, 1.807) is 7.11 Å². The number of nitrogens with zero attached hydrogens (tertiary/aromatic N) is 2. The van der Waals surface area contributed by atoms with E-state index < -0.39 is 0 Å². The van der Waals surface area contributed by atoms with Gasteiger partial charge in [0.2, 0.25) is 5.95 Å². The molecule has 1 aromatic heterocycles. The van der Waals surface area contributed by atoms with Gasteiger partial charge in [-0.15, -0.1) is 0 Å². The summed E-state index contributed by atoms with van der Waals surface area (Å²) in [5.41, 5.74) is 1.05. The Hall–Kier alpha value is -1.07. The Bertz CT molecular complexity index is 373. The second-order valence-corrected chi connectivity index (χ2v) is 5.13. The molecule has 108 valence electrons. The third-order valence-electron chi connectivity index (χ3n) is 3.49. The Morgan fingerprint density at radius 1 is 1.32 bits per heavy atom. The van der Waals surface area contributed by atoms with E-state index in [1.165, 1.54) is 25.7 Å². The highest BCUT2D eigenvalue weighted by Crippen LogP contribution is 2.22. The van der Waals surface area contributed by atoms with Crippen molar-refractivity contribution in [2.75, 3.05) is 32.2 Å². The van der Waals surface area contributed by atoms with Crippen LogP contribution in [0.4, 0.5) is 5.95 Å². The van der Waals surface area contributed by atoms with E-state index in [0.717, 1.165) is 18.2 Å². The molecule has 1 N–H and O–H groups in total. The van der Waals surface area contributed by atoms with Gasteiger partial charge in [0.25, 0.3) is 0 Å². The quantitative estimate of drug-likeness (QED) is 0.734. The van der Waals surface area contributed by atoms with Crippen molar-refractivity contribution in [3.05, 3.63) is 11.9 Å². The lowest BCUT2D eigenvalue weighted by molar-refractivity contribution is 0.0667. The zero-order valence-electron chi connectivity index (χ0n) is 12.0. The highest BCUT2D eigenvalue weighted by atomic mass is 16.5. The Balaban J connectivity index is 1.81. The largest absolute Gasteiger partial charge is 0.382 e. The smallest absolute Gasteiger partial charge is 0.203 e. The van der Waals surface area contributed by atoms with Crippen molar-refractivity contribution < 1.29 is 9.47 Å². The molecule has 0 saturated heterocycles. The zero-order chi connectivity index (χ0) is 13.5. The Morgan fingerprint density at radius 3 is 2.84 bits per heavy atom. The third-order valence-corrected chi connectivity index (χ3v) is 3.49. The molecule has 0 amide bonds. The molecule has 2 rings (SSSR count). The van der Waals surface area contributed by atoms with Crippen LogP contribution in [0.5, 0.6) is 0 Å². The Labute approximate surface area is 115 Å². The van der Waals surface area contributed by atoms with Gasteiger partial charge in [0.15, 0.2) is 0 Å². The van der Waals surface area contributed by atoms with Crippen LogP contribution in [0.2, 0.25) is 0 Å². The molecule has 0 atom stereocenters. The van der Waals surface area contributed by atoms with Gasteiger partial charge in [0, 0.05) is 25.9 Å². The first-order chi connectivity index (χ1) is 9.29. The van der Waals surface area contributed by atoms with Gasteiger partial charge >= 0.3 is 0 Å². The summed E-state index contributed by atoms with van der Waals surface area (Å²) in [6.07, 6.45) is 7.26. The lowest BCUT2D eigenvalue weighted by atomic mass is 10.2. The molecular formula is C14H25N3O2. The molecule has 1 heterocycles. The first-order valence-electron chi connectivity index (χ1n) is 7.16. The van der Waals surface area contributed by atoms with Gasteiger partial charge in [-0.2, -0.15) is 0 Å². The van der Waals surface area contributed by atoms with Crippen LogP contribution in [0.3, 0.4) is 0 Å². The molecule has 5 heteroatoms. The standard InChI is InChI=1S/C14H25N3O2/c1-12-11-17(7-8-19-10-9-18-2)14(15-12)16-13-5-3-4-6-13/h11,13H,3-10H2,1-2H3,(H,15,16). The molecule has 0 aliphatic heterocycles. The maximum Gasteiger partial charge on any atom is 0.203 e. The molecule has 0 radical (unpaired) electrons. The minimum Gasteiger partial charge on any atom is -0.382 e. The van der Waals surface area contributed by atoms with E-state index in [4.69, 9.17) is 9.47 Å². The van der Waals surface area contributed by atoms with E-state index in [0.29, 0.717) is 25.9 Å². The lowest BCUT2D eigenvalue weighted by Crippen LogP contribution is -2.19. The van der Waals surface area contributed by atoms with E-state index in [-0.39, 0.29) is 0 Å². The van der Waals surface area contributed by atoms with Gasteiger partial charge in [-0.1, -0.05) is 12.8 Å². The summed E-state index contributed by atoms with van der Waals surface area (Å²) in [4.78, 5) is 4.56. The second-order valence-electron chi connectivity index (χ2n) is 5.13. The van der Waals surface area contributed by atoms with Crippen molar-refractivity contribution in [2.45, 2.75) is 45.2 Å². The van der Waals surface area contributed by atoms with Gasteiger partial charge < -0.3 is 19.4 Å². The molecule has 19 heavy (non-hydrogen) atoms.